The van der Waals surface area contributed by atoms with Gasteiger partial charge in [-0.25, -0.2) is 4.39 Å². The second kappa shape index (κ2) is 4.41. The average Bonchev–Trinajstić information content (AvgIpc) is 1.87. The van der Waals surface area contributed by atoms with E-state index in [0.29, 0.717) is 0 Å². The second-order valence-electron chi connectivity index (χ2n) is 2.52. The quantitative estimate of drug-likeness (QED) is 0.572. The van der Waals surface area contributed by atoms with E-state index in [1.165, 1.54) is 0 Å². The van der Waals surface area contributed by atoms with Crippen LogP contribution in [0.4, 0.5) is 4.39 Å². The first-order chi connectivity index (χ1) is 4.57. The van der Waals surface area contributed by atoms with Crippen LogP contribution in [0.15, 0.2) is 11.6 Å². The zero-order valence-corrected chi connectivity index (χ0v) is 6.47. The maximum absolute atomic E-state index is 11.8. The molecule has 0 amide bonds. The Balaban J connectivity index is 3.89. The highest BCUT2D eigenvalue weighted by Crippen LogP contribution is 1.98. The van der Waals surface area contributed by atoms with Gasteiger partial charge in [0.1, 0.15) is 6.67 Å². The molecule has 0 heterocycles. The maximum atomic E-state index is 11.8. The van der Waals surface area contributed by atoms with Crippen molar-refractivity contribution in [1.82, 2.24) is 0 Å². The molecule has 3 heteroatoms. The third-order valence-electron chi connectivity index (χ3n) is 1.37. The van der Waals surface area contributed by atoms with Crippen molar-refractivity contribution in [3.8, 4) is 0 Å². The predicted octanol–water partition coefficient (Wildman–Crippen LogP) is 0.577. The van der Waals surface area contributed by atoms with E-state index in [1.807, 2.05) is 13.8 Å². The van der Waals surface area contributed by atoms with Gasteiger partial charge in [0.15, 0.2) is 0 Å². The second-order valence-corrected chi connectivity index (χ2v) is 2.52. The SMILES string of the molecule is CC(=CC(N)CF)C(C)N. The fraction of sp³-hybridized carbons (Fsp3) is 0.714. The van der Waals surface area contributed by atoms with E-state index in [4.69, 9.17) is 11.5 Å². The van der Waals surface area contributed by atoms with Crippen molar-refractivity contribution in [3.05, 3.63) is 11.6 Å². The van der Waals surface area contributed by atoms with E-state index < -0.39 is 12.7 Å². The summed E-state index contributed by atoms with van der Waals surface area (Å²) in [7, 11) is 0. The number of rotatable bonds is 3. The van der Waals surface area contributed by atoms with Gasteiger partial charge in [-0.1, -0.05) is 11.6 Å². The van der Waals surface area contributed by atoms with E-state index in [9.17, 15) is 4.39 Å². The van der Waals surface area contributed by atoms with Gasteiger partial charge in [-0.2, -0.15) is 0 Å². The Morgan fingerprint density at radius 3 is 2.40 bits per heavy atom. The summed E-state index contributed by atoms with van der Waals surface area (Å²) in [6.07, 6.45) is 1.66. The fourth-order valence-electron chi connectivity index (χ4n) is 0.534. The molecular weight excluding hydrogens is 131 g/mol. The number of hydrogen-bond acceptors (Lipinski definition) is 2. The molecule has 10 heavy (non-hydrogen) atoms. The van der Waals surface area contributed by atoms with Gasteiger partial charge in [0.05, 0.1) is 6.04 Å². The largest absolute Gasteiger partial charge is 0.324 e. The molecule has 0 spiro atoms. The lowest BCUT2D eigenvalue weighted by Gasteiger charge is -2.07. The molecule has 0 aromatic heterocycles. The first-order valence-corrected chi connectivity index (χ1v) is 3.33. The third kappa shape index (κ3) is 3.58. The van der Waals surface area contributed by atoms with Crippen molar-refractivity contribution < 1.29 is 4.39 Å². The van der Waals surface area contributed by atoms with Crippen LogP contribution in [0.3, 0.4) is 0 Å². The van der Waals surface area contributed by atoms with Gasteiger partial charge in [0, 0.05) is 6.04 Å². The highest BCUT2D eigenvalue weighted by atomic mass is 19.1. The standard InChI is InChI=1S/C7H15FN2/c1-5(6(2)9)3-7(10)4-8/h3,6-7H,4,9-10H2,1-2H3. The number of halogens is 1. The fourth-order valence-corrected chi connectivity index (χ4v) is 0.534. The molecule has 0 aliphatic carbocycles. The van der Waals surface area contributed by atoms with Gasteiger partial charge < -0.3 is 11.5 Å². The number of hydrogen-bond donors (Lipinski definition) is 2. The minimum absolute atomic E-state index is 0.0300. The molecule has 0 fully saturated rings. The van der Waals surface area contributed by atoms with Crippen LogP contribution in [0.2, 0.25) is 0 Å². The zero-order valence-electron chi connectivity index (χ0n) is 6.47. The molecule has 2 unspecified atom stereocenters. The summed E-state index contributed by atoms with van der Waals surface area (Å²) < 4.78 is 11.8. The molecule has 0 rings (SSSR count). The Bertz CT molecular complexity index is 121. The molecule has 0 aromatic rings. The lowest BCUT2D eigenvalue weighted by molar-refractivity contribution is 0.463. The molecule has 60 valence electrons. The predicted molar refractivity (Wildman–Crippen MR) is 41.4 cm³/mol. The van der Waals surface area contributed by atoms with Crippen LogP contribution in [0, 0.1) is 0 Å². The summed E-state index contributed by atoms with van der Waals surface area (Å²) in [4.78, 5) is 0. The minimum atomic E-state index is -0.524. The molecule has 0 aromatic carbocycles. The molecule has 0 saturated carbocycles. The molecule has 0 radical (unpaired) electrons. The van der Waals surface area contributed by atoms with Crippen LogP contribution in [-0.2, 0) is 0 Å². The summed E-state index contributed by atoms with van der Waals surface area (Å²) in [6, 6.07) is -0.524. The van der Waals surface area contributed by atoms with Crippen molar-refractivity contribution >= 4 is 0 Å². The zero-order chi connectivity index (χ0) is 8.15. The summed E-state index contributed by atoms with van der Waals surface area (Å²) in [6.45, 7) is 3.17. The van der Waals surface area contributed by atoms with Crippen molar-refractivity contribution in [2.45, 2.75) is 25.9 Å². The van der Waals surface area contributed by atoms with Crippen molar-refractivity contribution in [2.75, 3.05) is 6.67 Å². The first kappa shape index (κ1) is 9.59. The Labute approximate surface area is 61.1 Å². The van der Waals surface area contributed by atoms with E-state index in [-0.39, 0.29) is 6.04 Å². The number of nitrogens with two attached hydrogens (primary N) is 2. The first-order valence-electron chi connectivity index (χ1n) is 3.33. The highest BCUT2D eigenvalue weighted by Gasteiger charge is 2.00. The van der Waals surface area contributed by atoms with E-state index in [2.05, 4.69) is 0 Å². The summed E-state index contributed by atoms with van der Waals surface area (Å²) in [5.74, 6) is 0. The minimum Gasteiger partial charge on any atom is -0.324 e. The van der Waals surface area contributed by atoms with Gasteiger partial charge in [-0.15, -0.1) is 0 Å². The van der Waals surface area contributed by atoms with Gasteiger partial charge in [0.2, 0.25) is 0 Å². The summed E-state index contributed by atoms with van der Waals surface area (Å²) in [5, 5.41) is 0. The average molecular weight is 146 g/mol. The van der Waals surface area contributed by atoms with E-state index >= 15 is 0 Å². The van der Waals surface area contributed by atoms with Crippen LogP contribution in [0.5, 0.6) is 0 Å². The Morgan fingerprint density at radius 1 is 1.60 bits per heavy atom. The normalized spacial score (nSPS) is 18.7. The van der Waals surface area contributed by atoms with Crippen LogP contribution in [-0.4, -0.2) is 18.8 Å². The molecule has 0 aliphatic rings. The van der Waals surface area contributed by atoms with E-state index in [1.54, 1.807) is 6.08 Å². The summed E-state index contributed by atoms with van der Waals surface area (Å²) >= 11 is 0. The molecule has 0 aliphatic heterocycles. The summed E-state index contributed by atoms with van der Waals surface area (Å²) in [5.41, 5.74) is 11.7. The molecule has 2 atom stereocenters. The van der Waals surface area contributed by atoms with Gasteiger partial charge >= 0.3 is 0 Å². The van der Waals surface area contributed by atoms with Crippen LogP contribution >= 0.6 is 0 Å². The monoisotopic (exact) mass is 146 g/mol. The molecular formula is C7H15FN2. The molecule has 0 bridgehead atoms. The topological polar surface area (TPSA) is 52.0 Å². The van der Waals surface area contributed by atoms with Gasteiger partial charge in [-0.05, 0) is 13.8 Å². The molecule has 0 saturated heterocycles. The molecule has 2 nitrogen and oxygen atoms in total. The smallest absolute Gasteiger partial charge is 0.108 e. The molecule has 4 N–H and O–H groups in total. The van der Waals surface area contributed by atoms with Crippen molar-refractivity contribution in [2.24, 2.45) is 11.5 Å². The maximum Gasteiger partial charge on any atom is 0.108 e. The van der Waals surface area contributed by atoms with Crippen molar-refractivity contribution in [1.29, 1.82) is 0 Å². The van der Waals surface area contributed by atoms with E-state index in [0.717, 1.165) is 5.57 Å². The lowest BCUT2D eigenvalue weighted by Crippen LogP contribution is -2.23. The van der Waals surface area contributed by atoms with Gasteiger partial charge in [0.25, 0.3) is 0 Å². The number of alkyl halides is 1. The highest BCUT2D eigenvalue weighted by molar-refractivity contribution is 5.08. The third-order valence-corrected chi connectivity index (χ3v) is 1.37. The van der Waals surface area contributed by atoms with Crippen molar-refractivity contribution in [3.63, 3.8) is 0 Å². The van der Waals surface area contributed by atoms with Crippen LogP contribution < -0.4 is 11.5 Å². The Hall–Kier alpha value is -0.410. The Kier molecular flexibility index (Phi) is 4.23. The lowest BCUT2D eigenvalue weighted by atomic mass is 10.1. The van der Waals surface area contributed by atoms with Gasteiger partial charge in [-0.3, -0.25) is 0 Å². The van der Waals surface area contributed by atoms with Crippen LogP contribution in [0.1, 0.15) is 13.8 Å². The Morgan fingerprint density at radius 2 is 2.10 bits per heavy atom. The van der Waals surface area contributed by atoms with Crippen LogP contribution in [0.25, 0.3) is 0 Å².